The first-order valence-corrected chi connectivity index (χ1v) is 11.5. The first kappa shape index (κ1) is 24.6. The number of rotatable bonds is 8. The summed E-state index contributed by atoms with van der Waals surface area (Å²) in [5.41, 5.74) is 1.10. The lowest BCUT2D eigenvalue weighted by Crippen LogP contribution is -2.56. The van der Waals surface area contributed by atoms with Crippen LogP contribution in [0.25, 0.3) is 0 Å². The normalized spacial score (nSPS) is 22.3. The quantitative estimate of drug-likeness (QED) is 0.491. The summed E-state index contributed by atoms with van der Waals surface area (Å²) >= 11 is 0. The fourth-order valence-electron chi connectivity index (χ4n) is 4.63. The molecule has 4 atom stereocenters. The molecule has 1 heterocycles. The average Bonchev–Trinajstić information content (AvgIpc) is 3.27. The molecule has 35 heavy (non-hydrogen) atoms. The van der Waals surface area contributed by atoms with Crippen molar-refractivity contribution in [3.63, 3.8) is 0 Å². The first-order valence-electron chi connectivity index (χ1n) is 11.5. The smallest absolute Gasteiger partial charge is 0.290 e. The van der Waals surface area contributed by atoms with Crippen molar-refractivity contribution in [1.82, 2.24) is 10.2 Å². The maximum Gasteiger partial charge on any atom is 0.290 e. The summed E-state index contributed by atoms with van der Waals surface area (Å²) in [6, 6.07) is 11.8. The Morgan fingerprint density at radius 2 is 1.83 bits per heavy atom. The highest BCUT2D eigenvalue weighted by Crippen LogP contribution is 2.47. The minimum absolute atomic E-state index is 0.00940. The van der Waals surface area contributed by atoms with Crippen LogP contribution in [0.15, 0.2) is 60.2 Å². The number of nitrogens with zero attached hydrogens (tertiary/aromatic N) is 1. The monoisotopic (exact) mass is 482 g/mol. The maximum absolute atomic E-state index is 14.5. The third-order valence-electron chi connectivity index (χ3n) is 6.36. The largest absolute Gasteiger partial charge is 0.486 e. The zero-order valence-corrected chi connectivity index (χ0v) is 19.2. The van der Waals surface area contributed by atoms with Gasteiger partial charge in [-0.1, -0.05) is 43.3 Å². The van der Waals surface area contributed by atoms with Crippen LogP contribution in [0.2, 0.25) is 0 Å². The molecule has 0 spiro atoms. The van der Waals surface area contributed by atoms with Crippen molar-refractivity contribution in [1.29, 1.82) is 0 Å². The molecule has 3 N–H and O–H groups in total. The van der Waals surface area contributed by atoms with Gasteiger partial charge in [0.1, 0.15) is 23.8 Å². The zero-order chi connectivity index (χ0) is 25.1. The molecule has 0 radical (unpaired) electrons. The number of nitrogens with one attached hydrogen (secondary N) is 1. The van der Waals surface area contributed by atoms with E-state index in [0.29, 0.717) is 11.3 Å². The number of hydrogen-bond acceptors (Lipinski definition) is 6. The van der Waals surface area contributed by atoms with Crippen LogP contribution >= 0.6 is 0 Å². The molecule has 0 fully saturated rings. The number of benzene rings is 2. The Balaban J connectivity index is 1.79. The summed E-state index contributed by atoms with van der Waals surface area (Å²) in [6.45, 7) is 0.991. The molecule has 4 unspecified atom stereocenters. The second-order valence-electron chi connectivity index (χ2n) is 8.48. The van der Waals surface area contributed by atoms with Gasteiger partial charge in [0.15, 0.2) is 0 Å². The third-order valence-corrected chi connectivity index (χ3v) is 6.36. The van der Waals surface area contributed by atoms with E-state index in [0.717, 1.165) is 4.90 Å². The lowest BCUT2D eigenvalue weighted by Gasteiger charge is -2.40. The fourth-order valence-corrected chi connectivity index (χ4v) is 4.63. The van der Waals surface area contributed by atoms with E-state index in [2.05, 4.69) is 5.32 Å². The number of Topliss-reactive ketones (excluding diaryl/α,β-unsaturated/α-hetero) is 1. The number of aliphatic hydroxyl groups is 2. The Bertz CT molecular complexity index is 1170. The SMILES string of the molecule is CCC(=O)C(=O)N(Cc1ccccc1F)C1C=C(C(=O)NCCO)C2c3ccccc3OC2C1O. The van der Waals surface area contributed by atoms with Crippen LogP contribution < -0.4 is 10.1 Å². The highest BCUT2D eigenvalue weighted by atomic mass is 19.1. The second-order valence-corrected chi connectivity index (χ2v) is 8.48. The number of hydrogen-bond donors (Lipinski definition) is 3. The van der Waals surface area contributed by atoms with Crippen molar-refractivity contribution >= 4 is 17.6 Å². The topological polar surface area (TPSA) is 116 Å². The fraction of sp³-hybridized carbons (Fsp3) is 0.346. The Morgan fingerprint density at radius 3 is 2.54 bits per heavy atom. The highest BCUT2D eigenvalue weighted by Gasteiger charge is 2.50. The molecule has 8 nitrogen and oxygen atoms in total. The van der Waals surface area contributed by atoms with E-state index in [9.17, 15) is 23.9 Å². The summed E-state index contributed by atoms with van der Waals surface area (Å²) in [5, 5.41) is 23.2. The molecule has 2 aromatic rings. The van der Waals surface area contributed by atoms with Crippen LogP contribution in [0, 0.1) is 5.82 Å². The van der Waals surface area contributed by atoms with E-state index in [1.165, 1.54) is 31.2 Å². The van der Waals surface area contributed by atoms with Gasteiger partial charge in [-0.3, -0.25) is 14.4 Å². The summed E-state index contributed by atoms with van der Waals surface area (Å²) in [4.78, 5) is 39.7. The molecule has 0 bridgehead atoms. The molecule has 2 aromatic carbocycles. The summed E-state index contributed by atoms with van der Waals surface area (Å²) < 4.78 is 20.5. The van der Waals surface area contributed by atoms with E-state index in [1.807, 2.05) is 0 Å². The number of carbonyl (C=O) groups is 3. The Morgan fingerprint density at radius 1 is 1.11 bits per heavy atom. The molecule has 0 aromatic heterocycles. The van der Waals surface area contributed by atoms with Crippen molar-refractivity contribution in [2.75, 3.05) is 13.2 Å². The van der Waals surface area contributed by atoms with E-state index >= 15 is 0 Å². The average molecular weight is 483 g/mol. The predicted octanol–water partition coefficient (Wildman–Crippen LogP) is 1.46. The standard InChI is InChI=1S/C26H27FN2O6/c1-2-20(31)26(34)29(14-15-7-3-5-9-18(15)27)19-13-17(25(33)28-11-12-30)22-16-8-4-6-10-21(16)35-24(22)23(19)32/h3-10,13,19,22-24,30,32H,2,11-12,14H2,1H3,(H,28,33). The molecule has 9 heteroatoms. The Kier molecular flexibility index (Phi) is 7.28. The van der Waals surface area contributed by atoms with Crippen molar-refractivity contribution < 1.29 is 33.7 Å². The minimum atomic E-state index is -1.30. The maximum atomic E-state index is 14.5. The van der Waals surface area contributed by atoms with Gasteiger partial charge in [-0.05, 0) is 18.2 Å². The minimum Gasteiger partial charge on any atom is -0.486 e. The number of carbonyl (C=O) groups excluding carboxylic acids is 3. The molecule has 2 aliphatic rings. The lowest BCUT2D eigenvalue weighted by atomic mass is 9.77. The van der Waals surface area contributed by atoms with Crippen LogP contribution in [-0.4, -0.2) is 64.1 Å². The van der Waals surface area contributed by atoms with Crippen LogP contribution in [0.4, 0.5) is 4.39 Å². The highest BCUT2D eigenvalue weighted by molar-refractivity contribution is 6.36. The molecule has 2 amide bonds. The van der Waals surface area contributed by atoms with Gasteiger partial charge in [-0.25, -0.2) is 4.39 Å². The third kappa shape index (κ3) is 4.69. The Hall–Kier alpha value is -3.56. The molecule has 1 aliphatic heterocycles. The van der Waals surface area contributed by atoms with Crippen molar-refractivity contribution in [2.45, 2.75) is 44.1 Å². The van der Waals surface area contributed by atoms with Gasteiger partial charge >= 0.3 is 0 Å². The molecule has 0 saturated carbocycles. The van der Waals surface area contributed by atoms with Crippen LogP contribution in [0.1, 0.15) is 30.4 Å². The van der Waals surface area contributed by atoms with Gasteiger partial charge < -0.3 is 25.2 Å². The number of para-hydroxylation sites is 1. The van der Waals surface area contributed by atoms with Crippen LogP contribution in [0.5, 0.6) is 5.75 Å². The van der Waals surface area contributed by atoms with Gasteiger partial charge in [0.05, 0.1) is 18.6 Å². The van der Waals surface area contributed by atoms with Gasteiger partial charge in [0.25, 0.3) is 5.91 Å². The Labute approximate surface area is 202 Å². The van der Waals surface area contributed by atoms with E-state index in [4.69, 9.17) is 9.84 Å². The van der Waals surface area contributed by atoms with Crippen LogP contribution in [0.3, 0.4) is 0 Å². The van der Waals surface area contributed by atoms with Gasteiger partial charge in [-0.2, -0.15) is 0 Å². The summed E-state index contributed by atoms with van der Waals surface area (Å²) in [7, 11) is 0. The number of ether oxygens (including phenoxy) is 1. The van der Waals surface area contributed by atoms with Gasteiger partial charge in [-0.15, -0.1) is 0 Å². The molecule has 1 aliphatic carbocycles. The molecule has 184 valence electrons. The van der Waals surface area contributed by atoms with Crippen LogP contribution in [-0.2, 0) is 20.9 Å². The van der Waals surface area contributed by atoms with E-state index in [-0.39, 0.29) is 37.3 Å². The molecular formula is C26H27FN2O6. The van der Waals surface area contributed by atoms with Crippen molar-refractivity contribution in [3.05, 3.63) is 77.1 Å². The zero-order valence-electron chi connectivity index (χ0n) is 19.2. The summed E-state index contributed by atoms with van der Waals surface area (Å²) in [6.07, 6.45) is -0.838. The van der Waals surface area contributed by atoms with E-state index < -0.39 is 47.6 Å². The number of amides is 2. The number of halogens is 1. The number of fused-ring (bicyclic) bond motifs is 3. The van der Waals surface area contributed by atoms with Gasteiger partial charge in [0, 0.05) is 36.2 Å². The second kappa shape index (κ2) is 10.4. The summed E-state index contributed by atoms with van der Waals surface area (Å²) in [5.74, 6) is -2.77. The van der Waals surface area contributed by atoms with Gasteiger partial charge in [0.2, 0.25) is 11.7 Å². The van der Waals surface area contributed by atoms with E-state index in [1.54, 1.807) is 30.3 Å². The molecular weight excluding hydrogens is 455 g/mol. The van der Waals surface area contributed by atoms with Crippen molar-refractivity contribution in [3.8, 4) is 5.75 Å². The molecule has 4 rings (SSSR count). The number of aliphatic hydroxyl groups excluding tert-OH is 2. The van der Waals surface area contributed by atoms with Crippen molar-refractivity contribution in [2.24, 2.45) is 0 Å². The molecule has 0 saturated heterocycles. The first-order chi connectivity index (χ1) is 16.9. The lowest BCUT2D eigenvalue weighted by molar-refractivity contribution is -0.148. The number of ketones is 1. The predicted molar refractivity (Wildman–Crippen MR) is 124 cm³/mol.